The van der Waals surface area contributed by atoms with Crippen LogP contribution in [0.4, 0.5) is 0 Å². The molecule has 0 atom stereocenters. The first-order valence-electron chi connectivity index (χ1n) is 4.99. The van der Waals surface area contributed by atoms with Crippen molar-refractivity contribution in [1.82, 2.24) is 4.90 Å². The van der Waals surface area contributed by atoms with Crippen molar-refractivity contribution in [3.8, 4) is 0 Å². The summed E-state index contributed by atoms with van der Waals surface area (Å²) >= 11 is 0. The highest BCUT2D eigenvalue weighted by atomic mass is 16.3. The summed E-state index contributed by atoms with van der Waals surface area (Å²) in [6.45, 7) is 1.26. The van der Waals surface area contributed by atoms with E-state index >= 15 is 0 Å². The molecule has 0 N–H and O–H groups in total. The second kappa shape index (κ2) is 3.96. The van der Waals surface area contributed by atoms with E-state index in [0.29, 0.717) is 24.8 Å². The Bertz CT molecular complexity index is 301. The lowest BCUT2D eigenvalue weighted by Crippen LogP contribution is -2.26. The van der Waals surface area contributed by atoms with Gasteiger partial charge in [0.1, 0.15) is 11.5 Å². The van der Waals surface area contributed by atoms with Crippen LogP contribution in [-0.2, 0) is 11.3 Å². The molecular weight excluding hydrogens is 178 g/mol. The zero-order valence-electron chi connectivity index (χ0n) is 8.40. The summed E-state index contributed by atoms with van der Waals surface area (Å²) in [6, 6.07) is 3.80. The van der Waals surface area contributed by atoms with E-state index in [1.54, 1.807) is 6.26 Å². The lowest BCUT2D eigenvalue weighted by molar-refractivity contribution is -0.121. The molecule has 0 bridgehead atoms. The number of carbonyl (C=O) groups is 1. The van der Waals surface area contributed by atoms with Gasteiger partial charge in [0, 0.05) is 5.92 Å². The number of hydrogen-bond donors (Lipinski definition) is 0. The molecule has 0 amide bonds. The maximum absolute atomic E-state index is 11.5. The molecule has 0 spiro atoms. The lowest BCUT2D eigenvalue weighted by Gasteiger charge is -2.13. The molecule has 0 aliphatic heterocycles. The summed E-state index contributed by atoms with van der Waals surface area (Å²) < 4.78 is 5.21. The molecule has 1 aliphatic carbocycles. The van der Waals surface area contributed by atoms with E-state index in [1.165, 1.54) is 0 Å². The van der Waals surface area contributed by atoms with E-state index in [1.807, 2.05) is 24.1 Å². The number of furan rings is 1. The van der Waals surface area contributed by atoms with Crippen LogP contribution in [0.25, 0.3) is 0 Å². The Morgan fingerprint density at radius 3 is 3.00 bits per heavy atom. The summed E-state index contributed by atoms with van der Waals surface area (Å²) in [7, 11) is 1.95. The fraction of sp³-hybridized carbons (Fsp3) is 0.545. The molecule has 1 aromatic rings. The van der Waals surface area contributed by atoms with Gasteiger partial charge in [-0.05, 0) is 32.0 Å². The molecule has 0 radical (unpaired) electrons. The van der Waals surface area contributed by atoms with E-state index in [9.17, 15) is 4.79 Å². The summed E-state index contributed by atoms with van der Waals surface area (Å²) in [6.07, 6.45) is 3.84. The van der Waals surface area contributed by atoms with E-state index in [0.717, 1.165) is 18.6 Å². The van der Waals surface area contributed by atoms with Crippen LogP contribution >= 0.6 is 0 Å². The third-order valence-electron chi connectivity index (χ3n) is 2.46. The SMILES string of the molecule is CN(CC(=O)C1CC1)Cc1ccco1. The highest BCUT2D eigenvalue weighted by Gasteiger charge is 2.29. The second-order valence-electron chi connectivity index (χ2n) is 3.99. The number of ketones is 1. The number of likely N-dealkylation sites (N-methyl/N-ethyl adjacent to an activating group) is 1. The molecule has 1 fully saturated rings. The van der Waals surface area contributed by atoms with Crippen molar-refractivity contribution in [3.05, 3.63) is 24.2 Å². The largest absolute Gasteiger partial charge is 0.468 e. The molecule has 1 heterocycles. The fourth-order valence-corrected chi connectivity index (χ4v) is 1.52. The van der Waals surface area contributed by atoms with Crippen LogP contribution in [0, 0.1) is 5.92 Å². The number of hydrogen-bond acceptors (Lipinski definition) is 3. The average molecular weight is 193 g/mol. The van der Waals surface area contributed by atoms with Crippen molar-refractivity contribution >= 4 is 5.78 Å². The number of Topliss-reactive ketones (excluding diaryl/α,β-unsaturated/α-hetero) is 1. The highest BCUT2D eigenvalue weighted by Crippen LogP contribution is 2.29. The number of carbonyl (C=O) groups excluding carboxylic acids is 1. The Morgan fingerprint density at radius 1 is 1.64 bits per heavy atom. The maximum atomic E-state index is 11.5. The normalized spacial score (nSPS) is 16.1. The van der Waals surface area contributed by atoms with Crippen molar-refractivity contribution in [2.24, 2.45) is 5.92 Å². The lowest BCUT2D eigenvalue weighted by atomic mass is 10.2. The molecule has 3 nitrogen and oxygen atoms in total. The van der Waals surface area contributed by atoms with Crippen molar-refractivity contribution < 1.29 is 9.21 Å². The predicted molar refractivity (Wildman–Crippen MR) is 52.8 cm³/mol. The van der Waals surface area contributed by atoms with E-state index in [2.05, 4.69) is 0 Å². The van der Waals surface area contributed by atoms with Gasteiger partial charge >= 0.3 is 0 Å². The molecule has 14 heavy (non-hydrogen) atoms. The summed E-state index contributed by atoms with van der Waals surface area (Å²) in [4.78, 5) is 13.5. The summed E-state index contributed by atoms with van der Waals surface area (Å²) in [5.41, 5.74) is 0. The van der Waals surface area contributed by atoms with Gasteiger partial charge in [-0.1, -0.05) is 0 Å². The number of rotatable bonds is 5. The van der Waals surface area contributed by atoms with Gasteiger partial charge in [-0.25, -0.2) is 0 Å². The van der Waals surface area contributed by atoms with Gasteiger partial charge < -0.3 is 4.42 Å². The molecule has 1 aromatic heterocycles. The zero-order chi connectivity index (χ0) is 9.97. The first-order chi connectivity index (χ1) is 6.75. The van der Waals surface area contributed by atoms with Crippen molar-refractivity contribution in [1.29, 1.82) is 0 Å². The number of nitrogens with zero attached hydrogens (tertiary/aromatic N) is 1. The van der Waals surface area contributed by atoms with Gasteiger partial charge in [0.25, 0.3) is 0 Å². The standard InChI is InChI=1S/C11H15NO2/c1-12(7-10-3-2-6-14-10)8-11(13)9-4-5-9/h2-3,6,9H,4-5,7-8H2,1H3. The summed E-state index contributed by atoms with van der Waals surface area (Å²) in [5, 5.41) is 0. The van der Waals surface area contributed by atoms with Gasteiger partial charge in [0.05, 0.1) is 19.4 Å². The van der Waals surface area contributed by atoms with Crippen LogP contribution in [0.3, 0.4) is 0 Å². The third-order valence-corrected chi connectivity index (χ3v) is 2.46. The maximum Gasteiger partial charge on any atom is 0.149 e. The Kier molecular flexibility index (Phi) is 2.68. The molecular formula is C11H15NO2. The van der Waals surface area contributed by atoms with Crippen LogP contribution in [0.1, 0.15) is 18.6 Å². The molecule has 1 saturated carbocycles. The van der Waals surface area contributed by atoms with E-state index < -0.39 is 0 Å². The minimum absolute atomic E-state index is 0.356. The van der Waals surface area contributed by atoms with Crippen molar-refractivity contribution in [2.45, 2.75) is 19.4 Å². The predicted octanol–water partition coefficient (Wildman–Crippen LogP) is 1.69. The van der Waals surface area contributed by atoms with Crippen LogP contribution < -0.4 is 0 Å². The molecule has 0 unspecified atom stereocenters. The summed E-state index contributed by atoms with van der Waals surface area (Å²) in [5.74, 6) is 1.64. The topological polar surface area (TPSA) is 33.5 Å². The Hall–Kier alpha value is -1.09. The van der Waals surface area contributed by atoms with Crippen LogP contribution in [0.5, 0.6) is 0 Å². The molecule has 0 aromatic carbocycles. The average Bonchev–Trinajstić information content (AvgIpc) is 2.87. The Balaban J connectivity index is 1.78. The molecule has 76 valence electrons. The zero-order valence-corrected chi connectivity index (χ0v) is 8.40. The van der Waals surface area contributed by atoms with Gasteiger partial charge in [0.15, 0.2) is 0 Å². The van der Waals surface area contributed by atoms with E-state index in [4.69, 9.17) is 4.42 Å². The third kappa shape index (κ3) is 2.45. The molecule has 2 rings (SSSR count). The van der Waals surface area contributed by atoms with Crippen LogP contribution in [0.2, 0.25) is 0 Å². The highest BCUT2D eigenvalue weighted by molar-refractivity contribution is 5.84. The van der Waals surface area contributed by atoms with Crippen molar-refractivity contribution in [2.75, 3.05) is 13.6 Å². The van der Waals surface area contributed by atoms with Crippen LogP contribution in [0.15, 0.2) is 22.8 Å². The van der Waals surface area contributed by atoms with Gasteiger partial charge in [-0.15, -0.1) is 0 Å². The van der Waals surface area contributed by atoms with Crippen LogP contribution in [-0.4, -0.2) is 24.3 Å². The monoisotopic (exact) mass is 193 g/mol. The van der Waals surface area contributed by atoms with Gasteiger partial charge in [0.2, 0.25) is 0 Å². The quantitative estimate of drug-likeness (QED) is 0.713. The smallest absolute Gasteiger partial charge is 0.149 e. The first kappa shape index (κ1) is 9.46. The minimum atomic E-state index is 0.356. The Morgan fingerprint density at radius 2 is 2.43 bits per heavy atom. The Labute approximate surface area is 83.7 Å². The second-order valence-corrected chi connectivity index (χ2v) is 3.99. The fourth-order valence-electron chi connectivity index (χ4n) is 1.52. The molecule has 1 aliphatic rings. The van der Waals surface area contributed by atoms with E-state index in [-0.39, 0.29) is 0 Å². The van der Waals surface area contributed by atoms with Gasteiger partial charge in [-0.2, -0.15) is 0 Å². The molecule has 0 saturated heterocycles. The minimum Gasteiger partial charge on any atom is -0.468 e. The molecule has 3 heteroatoms. The first-order valence-corrected chi connectivity index (χ1v) is 4.99. The van der Waals surface area contributed by atoms with Gasteiger partial charge in [-0.3, -0.25) is 9.69 Å². The van der Waals surface area contributed by atoms with Crippen molar-refractivity contribution in [3.63, 3.8) is 0 Å².